The van der Waals surface area contributed by atoms with Crippen LogP contribution in [0, 0.1) is 6.92 Å². The van der Waals surface area contributed by atoms with Gasteiger partial charge in [0.1, 0.15) is 11.8 Å². The molecule has 0 fully saturated rings. The number of amides is 2. The van der Waals surface area contributed by atoms with Crippen LogP contribution in [0.1, 0.15) is 18.1 Å². The normalized spacial score (nSPS) is 11.6. The zero-order valence-electron chi connectivity index (χ0n) is 15.8. The van der Waals surface area contributed by atoms with Gasteiger partial charge in [-0.05, 0) is 55.3 Å². The summed E-state index contributed by atoms with van der Waals surface area (Å²) in [5.41, 5.74) is 1.68. The first-order chi connectivity index (χ1) is 13.2. The molecule has 0 spiro atoms. The van der Waals surface area contributed by atoms with Crippen molar-refractivity contribution in [3.63, 3.8) is 0 Å². The Morgan fingerprint density at radius 3 is 2.54 bits per heavy atom. The van der Waals surface area contributed by atoms with Gasteiger partial charge in [-0.25, -0.2) is 0 Å². The van der Waals surface area contributed by atoms with Crippen molar-refractivity contribution in [3.8, 4) is 5.75 Å². The molecule has 0 aliphatic carbocycles. The lowest BCUT2D eigenvalue weighted by atomic mass is 10.1. The molecular weight excluding hydrogens is 467 g/mol. The quantitative estimate of drug-likeness (QED) is 0.620. The van der Waals surface area contributed by atoms with E-state index in [1.807, 2.05) is 19.1 Å². The van der Waals surface area contributed by atoms with E-state index >= 15 is 0 Å². The number of likely N-dealkylation sites (N-methyl/N-ethyl adjacent to an activating group) is 1. The van der Waals surface area contributed by atoms with E-state index in [1.165, 1.54) is 11.9 Å². The number of nitrogens with zero attached hydrogens (tertiary/aromatic N) is 1. The number of carbonyl (C=O) groups excluding carboxylic acids is 2. The lowest BCUT2D eigenvalue weighted by molar-refractivity contribution is -0.142. The number of benzene rings is 2. The minimum absolute atomic E-state index is 0.159. The third kappa shape index (κ3) is 5.87. The molecule has 0 bridgehead atoms. The van der Waals surface area contributed by atoms with Crippen LogP contribution < -0.4 is 10.1 Å². The molecule has 8 heteroatoms. The second-order valence-electron chi connectivity index (χ2n) is 6.25. The Bertz CT molecular complexity index is 877. The number of hydrogen-bond acceptors (Lipinski definition) is 3. The summed E-state index contributed by atoms with van der Waals surface area (Å²) in [5, 5.41) is 3.49. The standard InChI is InChI=1S/C20H21BrCl2N2O3/c1-12-8-16(6-7-17(12)21)28-11-19(26)25(13(2)20(27)24-3)10-14-4-5-15(22)9-18(14)23/h4-9,13H,10-11H2,1-3H3,(H,24,27)/t13-/m1/s1. The van der Waals surface area contributed by atoms with Crippen molar-refractivity contribution in [3.05, 3.63) is 62.0 Å². The SMILES string of the molecule is CNC(=O)[C@@H](C)N(Cc1ccc(Cl)cc1Cl)C(=O)COc1ccc(Br)c(C)c1. The van der Waals surface area contributed by atoms with Gasteiger partial charge in [-0.1, -0.05) is 45.2 Å². The zero-order valence-corrected chi connectivity index (χ0v) is 18.9. The minimum Gasteiger partial charge on any atom is -0.484 e. The molecule has 1 atom stereocenters. The van der Waals surface area contributed by atoms with Gasteiger partial charge in [0.05, 0.1) is 0 Å². The summed E-state index contributed by atoms with van der Waals surface area (Å²) in [6.07, 6.45) is 0. The molecule has 150 valence electrons. The number of rotatable bonds is 7. The number of carbonyl (C=O) groups is 2. The summed E-state index contributed by atoms with van der Waals surface area (Å²) in [6, 6.07) is 9.80. The first-order valence-electron chi connectivity index (χ1n) is 8.57. The lowest BCUT2D eigenvalue weighted by Crippen LogP contribution is -2.48. The molecule has 2 aromatic carbocycles. The minimum atomic E-state index is -0.695. The summed E-state index contributed by atoms with van der Waals surface area (Å²) in [4.78, 5) is 26.4. The average Bonchev–Trinajstić information content (AvgIpc) is 2.67. The molecular formula is C20H21BrCl2N2O3. The van der Waals surface area contributed by atoms with E-state index in [9.17, 15) is 9.59 Å². The number of hydrogen-bond donors (Lipinski definition) is 1. The summed E-state index contributed by atoms with van der Waals surface area (Å²) < 4.78 is 6.59. The van der Waals surface area contributed by atoms with E-state index in [4.69, 9.17) is 27.9 Å². The van der Waals surface area contributed by atoms with Crippen LogP contribution in [0.25, 0.3) is 0 Å². The maximum atomic E-state index is 12.9. The number of nitrogens with one attached hydrogen (secondary N) is 1. The third-order valence-corrected chi connectivity index (χ3v) is 5.74. The van der Waals surface area contributed by atoms with Gasteiger partial charge in [0, 0.05) is 28.1 Å². The van der Waals surface area contributed by atoms with Crippen LogP contribution in [-0.4, -0.2) is 36.4 Å². The molecule has 2 aromatic rings. The van der Waals surface area contributed by atoms with Crippen LogP contribution in [0.3, 0.4) is 0 Å². The summed E-state index contributed by atoms with van der Waals surface area (Å²) in [6.45, 7) is 3.55. The Morgan fingerprint density at radius 1 is 1.21 bits per heavy atom. The average molecular weight is 488 g/mol. The molecule has 0 aliphatic heterocycles. The van der Waals surface area contributed by atoms with Crippen LogP contribution >= 0.6 is 39.1 Å². The molecule has 0 saturated heterocycles. The highest BCUT2D eigenvalue weighted by atomic mass is 79.9. The number of ether oxygens (including phenoxy) is 1. The predicted octanol–water partition coefficient (Wildman–Crippen LogP) is 4.61. The van der Waals surface area contributed by atoms with Gasteiger partial charge >= 0.3 is 0 Å². The zero-order chi connectivity index (χ0) is 20.8. The molecule has 0 radical (unpaired) electrons. The fraction of sp³-hybridized carbons (Fsp3) is 0.300. The van der Waals surface area contributed by atoms with Crippen LogP contribution in [0.15, 0.2) is 40.9 Å². The molecule has 0 unspecified atom stereocenters. The van der Waals surface area contributed by atoms with Gasteiger partial charge in [0.2, 0.25) is 5.91 Å². The highest BCUT2D eigenvalue weighted by molar-refractivity contribution is 9.10. The molecule has 2 amide bonds. The van der Waals surface area contributed by atoms with Gasteiger partial charge in [-0.2, -0.15) is 0 Å². The monoisotopic (exact) mass is 486 g/mol. The van der Waals surface area contributed by atoms with Crippen molar-refractivity contribution < 1.29 is 14.3 Å². The van der Waals surface area contributed by atoms with Gasteiger partial charge in [0.15, 0.2) is 6.61 Å². The molecule has 5 nitrogen and oxygen atoms in total. The molecule has 28 heavy (non-hydrogen) atoms. The topological polar surface area (TPSA) is 58.6 Å². The van der Waals surface area contributed by atoms with Gasteiger partial charge in [0.25, 0.3) is 5.91 Å². The van der Waals surface area contributed by atoms with Gasteiger partial charge in [-0.15, -0.1) is 0 Å². The van der Waals surface area contributed by atoms with Crippen molar-refractivity contribution in [1.29, 1.82) is 0 Å². The highest BCUT2D eigenvalue weighted by Gasteiger charge is 2.26. The van der Waals surface area contributed by atoms with E-state index < -0.39 is 6.04 Å². The number of aryl methyl sites for hydroxylation is 1. The molecule has 2 rings (SSSR count). The second kappa shape index (κ2) is 10.1. The molecule has 0 heterocycles. The number of halogens is 3. The highest BCUT2D eigenvalue weighted by Crippen LogP contribution is 2.24. The largest absolute Gasteiger partial charge is 0.484 e. The maximum absolute atomic E-state index is 12.9. The van der Waals surface area contributed by atoms with Crippen molar-refractivity contribution in [2.24, 2.45) is 0 Å². The van der Waals surface area contributed by atoms with E-state index in [0.29, 0.717) is 21.4 Å². The lowest BCUT2D eigenvalue weighted by Gasteiger charge is -2.28. The Hall–Kier alpha value is -1.76. The smallest absolute Gasteiger partial charge is 0.261 e. The maximum Gasteiger partial charge on any atom is 0.261 e. The van der Waals surface area contributed by atoms with E-state index in [1.54, 1.807) is 31.2 Å². The summed E-state index contributed by atoms with van der Waals surface area (Å²) in [7, 11) is 1.53. The van der Waals surface area contributed by atoms with Crippen LogP contribution in [0.5, 0.6) is 5.75 Å². The molecule has 0 saturated carbocycles. The van der Waals surface area contributed by atoms with Crippen LogP contribution in [0.2, 0.25) is 10.0 Å². The Kier molecular flexibility index (Phi) is 8.16. The molecule has 0 aliphatic rings. The van der Waals surface area contributed by atoms with E-state index in [-0.39, 0.29) is 25.0 Å². The van der Waals surface area contributed by atoms with Crippen molar-refractivity contribution in [2.45, 2.75) is 26.4 Å². The first kappa shape index (κ1) is 22.5. The van der Waals surface area contributed by atoms with E-state index in [2.05, 4.69) is 21.2 Å². The van der Waals surface area contributed by atoms with Gasteiger partial charge in [-0.3, -0.25) is 9.59 Å². The van der Waals surface area contributed by atoms with Crippen molar-refractivity contribution in [2.75, 3.05) is 13.7 Å². The molecule has 1 N–H and O–H groups in total. The fourth-order valence-corrected chi connectivity index (χ4v) is 3.27. The van der Waals surface area contributed by atoms with Crippen LogP contribution in [-0.2, 0) is 16.1 Å². The summed E-state index contributed by atoms with van der Waals surface area (Å²) in [5.74, 6) is -0.0354. The Labute approximate surface area is 183 Å². The summed E-state index contributed by atoms with van der Waals surface area (Å²) >= 11 is 15.6. The third-order valence-electron chi connectivity index (χ3n) is 4.26. The molecule has 0 aromatic heterocycles. The predicted molar refractivity (Wildman–Crippen MR) is 115 cm³/mol. The Morgan fingerprint density at radius 2 is 1.93 bits per heavy atom. The van der Waals surface area contributed by atoms with E-state index in [0.717, 1.165) is 10.0 Å². The second-order valence-corrected chi connectivity index (χ2v) is 7.95. The van der Waals surface area contributed by atoms with Crippen LogP contribution in [0.4, 0.5) is 0 Å². The fourth-order valence-electron chi connectivity index (χ4n) is 2.56. The van der Waals surface area contributed by atoms with Crippen molar-refractivity contribution in [1.82, 2.24) is 10.2 Å². The first-order valence-corrected chi connectivity index (χ1v) is 10.1. The Balaban J connectivity index is 2.18. The van der Waals surface area contributed by atoms with Gasteiger partial charge < -0.3 is 15.0 Å². The van der Waals surface area contributed by atoms with Crippen molar-refractivity contribution >= 4 is 50.9 Å².